The van der Waals surface area contributed by atoms with Gasteiger partial charge in [-0.25, -0.2) is 19.3 Å². The summed E-state index contributed by atoms with van der Waals surface area (Å²) in [5.74, 6) is 0.158. The molecule has 2 aromatic heterocycles. The highest BCUT2D eigenvalue weighted by molar-refractivity contribution is 5.81. The summed E-state index contributed by atoms with van der Waals surface area (Å²) in [6, 6.07) is 0. The summed E-state index contributed by atoms with van der Waals surface area (Å²) in [7, 11) is 0. The van der Waals surface area contributed by atoms with Crippen LogP contribution in [0.1, 0.15) is 12.8 Å². The lowest BCUT2D eigenvalue weighted by Crippen LogP contribution is -2.41. The predicted octanol–water partition coefficient (Wildman–Crippen LogP) is 0.0617. The first-order chi connectivity index (χ1) is 9.09. The molecule has 1 aliphatic rings. The summed E-state index contributed by atoms with van der Waals surface area (Å²) in [6.45, 7) is 0. The molecule has 0 aromatic carbocycles. The monoisotopic (exact) mass is 265 g/mol. The van der Waals surface area contributed by atoms with Gasteiger partial charge in [0.25, 0.3) is 0 Å². The van der Waals surface area contributed by atoms with Gasteiger partial charge in [-0.15, -0.1) is 0 Å². The first-order valence-electron chi connectivity index (χ1n) is 5.73. The predicted molar refractivity (Wildman–Crippen MR) is 64.4 cm³/mol. The van der Waals surface area contributed by atoms with Crippen LogP contribution in [0.25, 0.3) is 11.2 Å². The number of aromatic nitrogens is 4. The summed E-state index contributed by atoms with van der Waals surface area (Å²) in [5, 5.41) is 20.6. The molecule has 0 spiro atoms. The molecule has 0 radical (unpaired) electrons. The van der Waals surface area contributed by atoms with E-state index in [0.717, 1.165) is 0 Å². The Morgan fingerprint density at radius 3 is 3.00 bits per heavy atom. The maximum atomic E-state index is 12.9. The molecule has 7 nitrogen and oxygen atoms in total. The van der Waals surface area contributed by atoms with Crippen LogP contribution in [0.2, 0.25) is 0 Å². The fraction of sp³-hybridized carbons (Fsp3) is 0.364. The first kappa shape index (κ1) is 12.0. The fourth-order valence-corrected chi connectivity index (χ4v) is 2.44. The van der Waals surface area contributed by atoms with Gasteiger partial charge >= 0.3 is 0 Å². The third-order valence-electron chi connectivity index (χ3n) is 3.49. The third-order valence-corrected chi connectivity index (χ3v) is 3.49. The largest absolute Gasteiger partial charge is 0.388 e. The molecule has 1 aliphatic carbocycles. The van der Waals surface area contributed by atoms with E-state index < -0.39 is 11.8 Å². The first-order valence-corrected chi connectivity index (χ1v) is 5.73. The lowest BCUT2D eigenvalue weighted by Gasteiger charge is -2.29. The Hall–Kier alpha value is -2.06. The minimum absolute atomic E-state index is 0.0801. The number of imidazole rings is 1. The number of halogens is 1. The number of aliphatic hydroxyl groups is 2. The van der Waals surface area contributed by atoms with Crippen molar-refractivity contribution in [2.24, 2.45) is 0 Å². The number of nitrogens with two attached hydrogens (primary N) is 1. The van der Waals surface area contributed by atoms with Gasteiger partial charge in [-0.3, -0.25) is 4.57 Å². The van der Waals surface area contributed by atoms with Gasteiger partial charge in [0, 0.05) is 5.57 Å². The molecule has 0 amide bonds. The fourth-order valence-electron chi connectivity index (χ4n) is 2.44. The third kappa shape index (κ3) is 1.47. The van der Waals surface area contributed by atoms with Gasteiger partial charge in [-0.1, -0.05) is 0 Å². The zero-order valence-corrected chi connectivity index (χ0v) is 9.86. The minimum Gasteiger partial charge on any atom is -0.388 e. The van der Waals surface area contributed by atoms with E-state index in [0.29, 0.717) is 11.8 Å². The normalized spacial score (nSPS) is 29.4. The van der Waals surface area contributed by atoms with Crippen molar-refractivity contribution in [2.45, 2.75) is 24.7 Å². The van der Waals surface area contributed by atoms with Crippen LogP contribution in [0, 0.1) is 0 Å². The average molecular weight is 265 g/mol. The van der Waals surface area contributed by atoms with Gasteiger partial charge in [-0.2, -0.15) is 0 Å². The maximum Gasteiger partial charge on any atom is 0.195 e. The van der Waals surface area contributed by atoms with Gasteiger partial charge in [-0.05, 0) is 12.8 Å². The highest BCUT2D eigenvalue weighted by atomic mass is 19.1. The molecule has 0 aliphatic heterocycles. The standard InChI is InChI=1S/C11H12FN5O2/c12-3-6-1-2-7(18)11(6,19)17-5-16-8-9(13)14-4-15-10(8)17/h3-5,7,18-19H,1-2H2,(H2,13,14,15). The van der Waals surface area contributed by atoms with E-state index in [9.17, 15) is 14.6 Å². The van der Waals surface area contributed by atoms with Crippen LogP contribution < -0.4 is 5.73 Å². The Morgan fingerprint density at radius 1 is 1.47 bits per heavy atom. The van der Waals surface area contributed by atoms with Crippen LogP contribution >= 0.6 is 0 Å². The topological polar surface area (TPSA) is 110 Å². The zero-order chi connectivity index (χ0) is 13.6. The smallest absolute Gasteiger partial charge is 0.195 e. The van der Waals surface area contributed by atoms with Crippen molar-refractivity contribution >= 4 is 17.0 Å². The second-order valence-corrected chi connectivity index (χ2v) is 4.46. The van der Waals surface area contributed by atoms with Crippen molar-refractivity contribution < 1.29 is 14.6 Å². The van der Waals surface area contributed by atoms with Crippen LogP contribution in [-0.4, -0.2) is 35.8 Å². The van der Waals surface area contributed by atoms with Crippen molar-refractivity contribution in [3.8, 4) is 0 Å². The summed E-state index contributed by atoms with van der Waals surface area (Å²) in [4.78, 5) is 11.8. The highest BCUT2D eigenvalue weighted by Crippen LogP contribution is 2.41. The molecule has 1 fully saturated rings. The highest BCUT2D eigenvalue weighted by Gasteiger charge is 2.47. The second-order valence-electron chi connectivity index (χ2n) is 4.46. The SMILES string of the molecule is Nc1ncnc2c1ncn2C1(O)C(=CF)CCC1O. The van der Waals surface area contributed by atoms with Gasteiger partial charge < -0.3 is 15.9 Å². The second kappa shape index (κ2) is 3.97. The van der Waals surface area contributed by atoms with Crippen molar-refractivity contribution in [1.82, 2.24) is 19.5 Å². The van der Waals surface area contributed by atoms with E-state index in [-0.39, 0.29) is 29.9 Å². The number of anilines is 1. The molecule has 4 N–H and O–H groups in total. The molecule has 0 saturated heterocycles. The minimum atomic E-state index is -1.88. The van der Waals surface area contributed by atoms with Crippen LogP contribution in [-0.2, 0) is 5.72 Å². The summed E-state index contributed by atoms with van der Waals surface area (Å²) in [6.07, 6.45) is 2.18. The number of nitrogens with zero attached hydrogens (tertiary/aromatic N) is 4. The van der Waals surface area contributed by atoms with E-state index in [2.05, 4.69) is 15.0 Å². The average Bonchev–Trinajstić information content (AvgIpc) is 2.94. The molecular formula is C11H12FN5O2. The Morgan fingerprint density at radius 2 is 2.26 bits per heavy atom. The Kier molecular flexibility index (Phi) is 2.51. The molecular weight excluding hydrogens is 253 g/mol. The Balaban J connectivity index is 2.27. The molecule has 0 bridgehead atoms. The number of rotatable bonds is 1. The van der Waals surface area contributed by atoms with Crippen molar-refractivity contribution in [1.29, 1.82) is 0 Å². The van der Waals surface area contributed by atoms with E-state index in [1.54, 1.807) is 0 Å². The van der Waals surface area contributed by atoms with Crippen molar-refractivity contribution in [3.05, 3.63) is 24.6 Å². The molecule has 19 heavy (non-hydrogen) atoms. The molecule has 2 heterocycles. The van der Waals surface area contributed by atoms with Crippen molar-refractivity contribution in [2.75, 3.05) is 5.73 Å². The molecule has 2 atom stereocenters. The number of aliphatic hydroxyl groups excluding tert-OH is 1. The number of nitrogen functional groups attached to an aromatic ring is 1. The van der Waals surface area contributed by atoms with Crippen LogP contribution in [0.3, 0.4) is 0 Å². The van der Waals surface area contributed by atoms with Gasteiger partial charge in [0.15, 0.2) is 17.2 Å². The van der Waals surface area contributed by atoms with E-state index >= 15 is 0 Å². The molecule has 2 unspecified atom stereocenters. The maximum absolute atomic E-state index is 12.9. The zero-order valence-electron chi connectivity index (χ0n) is 9.86. The Bertz CT molecular complexity index is 670. The Labute approximate surface area is 107 Å². The van der Waals surface area contributed by atoms with Crippen molar-refractivity contribution in [3.63, 3.8) is 0 Å². The molecule has 1 saturated carbocycles. The summed E-state index contributed by atoms with van der Waals surface area (Å²) in [5.41, 5.74) is 4.39. The lowest BCUT2D eigenvalue weighted by atomic mass is 10.1. The number of hydrogen-bond acceptors (Lipinski definition) is 6. The van der Waals surface area contributed by atoms with Gasteiger partial charge in [0.2, 0.25) is 0 Å². The molecule has 8 heteroatoms. The van der Waals surface area contributed by atoms with Crippen LogP contribution in [0.5, 0.6) is 0 Å². The van der Waals surface area contributed by atoms with E-state index in [1.807, 2.05) is 0 Å². The van der Waals surface area contributed by atoms with Gasteiger partial charge in [0.05, 0.1) is 12.7 Å². The summed E-state index contributed by atoms with van der Waals surface area (Å²) >= 11 is 0. The van der Waals surface area contributed by atoms with E-state index in [1.165, 1.54) is 17.2 Å². The van der Waals surface area contributed by atoms with Crippen LogP contribution in [0.4, 0.5) is 10.2 Å². The lowest BCUT2D eigenvalue weighted by molar-refractivity contribution is -0.0861. The molecule has 2 aromatic rings. The van der Waals surface area contributed by atoms with E-state index in [4.69, 9.17) is 5.73 Å². The number of hydrogen-bond donors (Lipinski definition) is 3. The van der Waals surface area contributed by atoms with Crippen LogP contribution in [0.15, 0.2) is 24.6 Å². The van der Waals surface area contributed by atoms with Gasteiger partial charge in [0.1, 0.15) is 17.9 Å². The summed E-state index contributed by atoms with van der Waals surface area (Å²) < 4.78 is 14.1. The number of fused-ring (bicyclic) bond motifs is 1. The molecule has 3 rings (SSSR count). The quantitative estimate of drug-likeness (QED) is 0.672. The molecule has 100 valence electrons.